The van der Waals surface area contributed by atoms with Crippen molar-refractivity contribution in [3.63, 3.8) is 0 Å². The third-order valence-corrected chi connectivity index (χ3v) is 4.56. The molecule has 0 amide bonds. The van der Waals surface area contributed by atoms with Crippen molar-refractivity contribution in [2.75, 3.05) is 33.4 Å². The fourth-order valence-corrected chi connectivity index (χ4v) is 3.44. The molecule has 0 aliphatic carbocycles. The molecule has 0 aromatic carbocycles. The van der Waals surface area contributed by atoms with Crippen LogP contribution in [0.2, 0.25) is 0 Å². The topological polar surface area (TPSA) is 43.2 Å². The first-order chi connectivity index (χ1) is 10.8. The van der Waals surface area contributed by atoms with Gasteiger partial charge in [-0.15, -0.1) is 0 Å². The summed E-state index contributed by atoms with van der Waals surface area (Å²) in [5, 5.41) is 0. The first kappa shape index (κ1) is 15.4. The third kappa shape index (κ3) is 3.15. The molecule has 120 valence electrons. The maximum atomic E-state index is 5.20. The first-order valence-corrected chi connectivity index (χ1v) is 8.36. The summed E-state index contributed by atoms with van der Waals surface area (Å²) in [5.41, 5.74) is 2.06. The zero-order valence-electron chi connectivity index (χ0n) is 13.7. The number of aryl methyl sites for hydroxylation is 1. The Morgan fingerprint density at radius 1 is 1.41 bits per heavy atom. The summed E-state index contributed by atoms with van der Waals surface area (Å²) in [6, 6.07) is 4.53. The Morgan fingerprint density at radius 2 is 2.32 bits per heavy atom. The van der Waals surface area contributed by atoms with Crippen LogP contribution in [-0.2, 0) is 11.2 Å². The number of likely N-dealkylation sites (tertiary alicyclic amines) is 1. The number of nitrogens with zero attached hydrogens (tertiary/aromatic N) is 4. The van der Waals surface area contributed by atoms with E-state index in [9.17, 15) is 0 Å². The molecule has 1 fully saturated rings. The minimum absolute atomic E-state index is 0.492. The fourth-order valence-electron chi connectivity index (χ4n) is 3.44. The highest BCUT2D eigenvalue weighted by Crippen LogP contribution is 2.27. The van der Waals surface area contributed by atoms with E-state index >= 15 is 0 Å². The molecule has 0 bridgehead atoms. The van der Waals surface area contributed by atoms with Crippen molar-refractivity contribution in [1.82, 2.24) is 19.4 Å². The maximum absolute atomic E-state index is 5.20. The molecule has 1 unspecified atom stereocenters. The summed E-state index contributed by atoms with van der Waals surface area (Å²) in [4.78, 5) is 12.0. The maximum Gasteiger partial charge on any atom is 0.160 e. The van der Waals surface area contributed by atoms with E-state index in [-0.39, 0.29) is 0 Å². The van der Waals surface area contributed by atoms with Crippen LogP contribution in [0, 0.1) is 0 Å². The predicted molar refractivity (Wildman–Crippen MR) is 88.1 cm³/mol. The van der Waals surface area contributed by atoms with Crippen molar-refractivity contribution < 1.29 is 4.74 Å². The Kier molecular flexibility index (Phi) is 5.05. The van der Waals surface area contributed by atoms with Gasteiger partial charge in [-0.2, -0.15) is 0 Å². The molecule has 3 heterocycles. The molecule has 3 rings (SSSR count). The van der Waals surface area contributed by atoms with E-state index in [1.165, 1.54) is 19.4 Å². The highest BCUT2D eigenvalue weighted by molar-refractivity contribution is 5.71. The zero-order valence-corrected chi connectivity index (χ0v) is 13.7. The smallest absolute Gasteiger partial charge is 0.160 e. The number of hydrogen-bond acceptors (Lipinski definition) is 4. The largest absolute Gasteiger partial charge is 0.385 e. The highest BCUT2D eigenvalue weighted by atomic mass is 16.5. The van der Waals surface area contributed by atoms with Crippen molar-refractivity contribution in [2.24, 2.45) is 0 Å². The van der Waals surface area contributed by atoms with Gasteiger partial charge in [0.15, 0.2) is 5.65 Å². The average Bonchev–Trinajstić information content (AvgIpc) is 2.93. The standard InChI is InChI=1S/C17H26N4O/c1-3-20-11-5-7-14(13-20)21-16(9-6-12-22-2)19-15-8-4-10-18-17(15)21/h4,8,10,14H,3,5-7,9,11-13H2,1-2H3. The Labute approximate surface area is 132 Å². The van der Waals surface area contributed by atoms with Gasteiger partial charge in [-0.3, -0.25) is 0 Å². The first-order valence-electron chi connectivity index (χ1n) is 8.36. The summed E-state index contributed by atoms with van der Waals surface area (Å²) in [6.45, 7) is 6.46. The molecule has 22 heavy (non-hydrogen) atoms. The second kappa shape index (κ2) is 7.20. The van der Waals surface area contributed by atoms with Crippen molar-refractivity contribution in [2.45, 2.75) is 38.6 Å². The summed E-state index contributed by atoms with van der Waals surface area (Å²) in [7, 11) is 1.75. The van der Waals surface area contributed by atoms with Crippen LogP contribution in [0.1, 0.15) is 38.1 Å². The van der Waals surface area contributed by atoms with Crippen molar-refractivity contribution in [3.8, 4) is 0 Å². The van der Waals surface area contributed by atoms with Gasteiger partial charge >= 0.3 is 0 Å². The van der Waals surface area contributed by atoms with Crippen LogP contribution in [-0.4, -0.2) is 52.8 Å². The zero-order chi connectivity index (χ0) is 15.4. The van der Waals surface area contributed by atoms with E-state index in [1.54, 1.807) is 7.11 Å². The van der Waals surface area contributed by atoms with Crippen molar-refractivity contribution in [3.05, 3.63) is 24.2 Å². The number of fused-ring (bicyclic) bond motifs is 1. The number of methoxy groups -OCH3 is 1. The molecule has 0 spiro atoms. The second-order valence-corrected chi connectivity index (χ2v) is 6.03. The molecule has 2 aromatic heterocycles. The third-order valence-electron chi connectivity index (χ3n) is 4.56. The molecule has 0 N–H and O–H groups in total. The molecular weight excluding hydrogens is 276 g/mol. The van der Waals surface area contributed by atoms with Crippen LogP contribution in [0.25, 0.3) is 11.2 Å². The summed E-state index contributed by atoms with van der Waals surface area (Å²) < 4.78 is 7.59. The van der Waals surface area contributed by atoms with Crippen LogP contribution in [0.15, 0.2) is 18.3 Å². The van der Waals surface area contributed by atoms with E-state index < -0.39 is 0 Å². The van der Waals surface area contributed by atoms with E-state index in [2.05, 4.69) is 27.4 Å². The van der Waals surface area contributed by atoms with Crippen molar-refractivity contribution >= 4 is 11.2 Å². The van der Waals surface area contributed by atoms with Gasteiger partial charge in [0.05, 0.1) is 0 Å². The highest BCUT2D eigenvalue weighted by Gasteiger charge is 2.24. The van der Waals surface area contributed by atoms with E-state index in [0.29, 0.717) is 6.04 Å². The molecule has 0 saturated carbocycles. The van der Waals surface area contributed by atoms with Crippen LogP contribution in [0.4, 0.5) is 0 Å². The SMILES string of the molecule is CCN1CCCC(n2c(CCCOC)nc3cccnc32)C1. The van der Waals surface area contributed by atoms with Gasteiger partial charge < -0.3 is 14.2 Å². The van der Waals surface area contributed by atoms with Gasteiger partial charge in [-0.05, 0) is 44.5 Å². The number of rotatable bonds is 6. The molecule has 0 radical (unpaired) electrons. The molecule has 1 saturated heterocycles. The minimum atomic E-state index is 0.492. The summed E-state index contributed by atoms with van der Waals surface area (Å²) in [5.74, 6) is 1.16. The molecule has 5 heteroatoms. The lowest BCUT2D eigenvalue weighted by Crippen LogP contribution is -2.36. The summed E-state index contributed by atoms with van der Waals surface area (Å²) in [6.07, 6.45) is 6.30. The molecule has 1 atom stereocenters. The number of pyridine rings is 1. The Hall–Kier alpha value is -1.46. The number of hydrogen-bond donors (Lipinski definition) is 0. The molecule has 2 aromatic rings. The van der Waals surface area contributed by atoms with Crippen molar-refractivity contribution in [1.29, 1.82) is 0 Å². The molecular formula is C17H26N4O. The Bertz CT molecular complexity index is 610. The number of aromatic nitrogens is 3. The monoisotopic (exact) mass is 302 g/mol. The van der Waals surface area contributed by atoms with Gasteiger partial charge in [0, 0.05) is 38.9 Å². The van der Waals surface area contributed by atoms with E-state index in [1.807, 2.05) is 12.3 Å². The molecule has 1 aliphatic rings. The van der Waals surface area contributed by atoms with E-state index in [4.69, 9.17) is 9.72 Å². The Morgan fingerprint density at radius 3 is 3.14 bits per heavy atom. The molecule has 1 aliphatic heterocycles. The van der Waals surface area contributed by atoms with Crippen LogP contribution in [0.5, 0.6) is 0 Å². The quantitative estimate of drug-likeness (QED) is 0.770. The van der Waals surface area contributed by atoms with Gasteiger partial charge in [-0.25, -0.2) is 9.97 Å². The van der Waals surface area contributed by atoms with Crippen LogP contribution < -0.4 is 0 Å². The summed E-state index contributed by atoms with van der Waals surface area (Å²) >= 11 is 0. The van der Waals surface area contributed by atoms with Gasteiger partial charge in [0.2, 0.25) is 0 Å². The van der Waals surface area contributed by atoms with Crippen LogP contribution >= 0.6 is 0 Å². The van der Waals surface area contributed by atoms with Crippen LogP contribution in [0.3, 0.4) is 0 Å². The minimum Gasteiger partial charge on any atom is -0.385 e. The normalized spacial score (nSPS) is 19.8. The number of ether oxygens (including phenoxy) is 1. The number of imidazole rings is 1. The second-order valence-electron chi connectivity index (χ2n) is 6.03. The lowest BCUT2D eigenvalue weighted by atomic mass is 10.1. The lowest BCUT2D eigenvalue weighted by molar-refractivity contribution is 0.181. The van der Waals surface area contributed by atoms with Gasteiger partial charge in [0.1, 0.15) is 11.3 Å². The Balaban J connectivity index is 1.92. The average molecular weight is 302 g/mol. The van der Waals surface area contributed by atoms with E-state index in [0.717, 1.165) is 49.5 Å². The predicted octanol–water partition coefficient (Wildman–Crippen LogP) is 2.67. The fraction of sp³-hybridized carbons (Fsp3) is 0.647. The number of piperidine rings is 1. The molecule has 5 nitrogen and oxygen atoms in total. The lowest BCUT2D eigenvalue weighted by Gasteiger charge is -2.33. The van der Waals surface area contributed by atoms with Gasteiger partial charge in [0.25, 0.3) is 0 Å². The van der Waals surface area contributed by atoms with Gasteiger partial charge in [-0.1, -0.05) is 6.92 Å². The number of likely N-dealkylation sites (N-methyl/N-ethyl adjacent to an activating group) is 1.